The lowest BCUT2D eigenvalue weighted by Crippen LogP contribution is -2.32. The highest BCUT2D eigenvalue weighted by Crippen LogP contribution is 2.01. The maximum Gasteiger partial charge on any atom is 0.317 e. The second-order valence-electron chi connectivity index (χ2n) is 4.19. The van der Waals surface area contributed by atoms with Gasteiger partial charge in [-0.15, -0.1) is 0 Å². The van der Waals surface area contributed by atoms with E-state index in [1.54, 1.807) is 0 Å². The number of hydrogen-bond acceptors (Lipinski definition) is 9. The summed E-state index contributed by atoms with van der Waals surface area (Å²) in [5, 5.41) is 25.2. The van der Waals surface area contributed by atoms with Gasteiger partial charge >= 0.3 is 35.8 Å². The van der Waals surface area contributed by atoms with Crippen LogP contribution in [0.2, 0.25) is 0 Å². The Balaban J connectivity index is 4.58. The average molecular weight is 350 g/mol. The molecule has 0 aliphatic rings. The van der Waals surface area contributed by atoms with Gasteiger partial charge in [0, 0.05) is 0 Å². The van der Waals surface area contributed by atoms with Crippen molar-refractivity contribution >= 4 is 35.8 Å². The number of hydrogen-bond donors (Lipinski definition) is 3. The van der Waals surface area contributed by atoms with Crippen LogP contribution in [0.5, 0.6) is 0 Å². The quantitative estimate of drug-likeness (QED) is 0.220. The van der Waals surface area contributed by atoms with Gasteiger partial charge in [-0.05, 0) is 0 Å². The van der Waals surface area contributed by atoms with Gasteiger partial charge in [0.2, 0.25) is 0 Å². The van der Waals surface area contributed by atoms with Crippen molar-refractivity contribution in [2.24, 2.45) is 0 Å². The lowest BCUT2D eigenvalue weighted by atomic mass is 10.3. The fourth-order valence-electron chi connectivity index (χ4n) is 1.19. The van der Waals surface area contributed by atoms with Gasteiger partial charge in [-0.1, -0.05) is 0 Å². The highest BCUT2D eigenvalue weighted by Gasteiger charge is 2.22. The molecule has 0 saturated carbocycles. The third kappa shape index (κ3) is 11.5. The van der Waals surface area contributed by atoms with Crippen LogP contribution in [-0.4, -0.2) is 70.5 Å². The predicted octanol–water partition coefficient (Wildman–Crippen LogP) is -1.59. The topological polar surface area (TPSA) is 191 Å². The van der Waals surface area contributed by atoms with Gasteiger partial charge in [0.05, 0.1) is 0 Å². The summed E-state index contributed by atoms with van der Waals surface area (Å²) >= 11 is 0. The summed E-state index contributed by atoms with van der Waals surface area (Å²) in [6.07, 6.45) is -4.36. The van der Waals surface area contributed by atoms with Crippen molar-refractivity contribution in [1.29, 1.82) is 0 Å². The van der Waals surface area contributed by atoms with Crippen LogP contribution in [-0.2, 0) is 43.0 Å². The molecule has 0 aromatic rings. The number of rotatable bonds is 11. The first-order valence-electron chi connectivity index (χ1n) is 6.26. The summed E-state index contributed by atoms with van der Waals surface area (Å²) in [5.74, 6) is -7.99. The summed E-state index contributed by atoms with van der Waals surface area (Å²) in [7, 11) is 0. The van der Waals surface area contributed by atoms with Crippen molar-refractivity contribution in [1.82, 2.24) is 0 Å². The van der Waals surface area contributed by atoms with E-state index in [4.69, 9.17) is 15.3 Å². The smallest absolute Gasteiger partial charge is 0.317 e. The summed E-state index contributed by atoms with van der Waals surface area (Å²) in [4.78, 5) is 64.4. The molecule has 0 heterocycles. The molecule has 0 radical (unpaired) electrons. The van der Waals surface area contributed by atoms with Gasteiger partial charge in [0.15, 0.2) is 6.10 Å². The highest BCUT2D eigenvalue weighted by atomic mass is 16.6. The van der Waals surface area contributed by atoms with E-state index in [2.05, 4.69) is 14.2 Å². The zero-order chi connectivity index (χ0) is 18.7. The number of ether oxygens (including phenoxy) is 3. The van der Waals surface area contributed by atoms with Crippen molar-refractivity contribution in [3.05, 3.63) is 0 Å². The monoisotopic (exact) mass is 350 g/mol. The number of carboxylic acid groups (broad SMARTS) is 3. The molecule has 24 heavy (non-hydrogen) atoms. The largest absolute Gasteiger partial charge is 0.481 e. The normalized spacial score (nSPS) is 9.88. The molecule has 0 atom stereocenters. The van der Waals surface area contributed by atoms with Crippen molar-refractivity contribution in [3.8, 4) is 0 Å². The summed E-state index contributed by atoms with van der Waals surface area (Å²) in [5.41, 5.74) is 0. The maximum absolute atomic E-state index is 11.2. The third-order valence-electron chi connectivity index (χ3n) is 2.05. The predicted molar refractivity (Wildman–Crippen MR) is 68.6 cm³/mol. The third-order valence-corrected chi connectivity index (χ3v) is 2.05. The van der Waals surface area contributed by atoms with Crippen molar-refractivity contribution < 1.29 is 58.3 Å². The number of carboxylic acids is 3. The van der Waals surface area contributed by atoms with Gasteiger partial charge < -0.3 is 29.5 Å². The van der Waals surface area contributed by atoms with E-state index in [9.17, 15) is 28.8 Å². The van der Waals surface area contributed by atoms with Crippen LogP contribution in [0.3, 0.4) is 0 Å². The fraction of sp³-hybridized carbons (Fsp3) is 0.500. The van der Waals surface area contributed by atoms with Gasteiger partial charge in [-0.3, -0.25) is 28.8 Å². The lowest BCUT2D eigenvalue weighted by molar-refractivity contribution is -0.170. The molecule has 0 saturated heterocycles. The first kappa shape index (κ1) is 20.8. The zero-order valence-corrected chi connectivity index (χ0v) is 12.1. The first-order valence-corrected chi connectivity index (χ1v) is 6.26. The molecule has 0 unspecified atom stereocenters. The minimum absolute atomic E-state index is 0.710. The van der Waals surface area contributed by atoms with E-state index in [0.717, 1.165) is 0 Å². The molecule has 134 valence electrons. The molecule has 12 heteroatoms. The molecule has 3 N–H and O–H groups in total. The van der Waals surface area contributed by atoms with Crippen LogP contribution in [0.1, 0.15) is 19.3 Å². The van der Waals surface area contributed by atoms with E-state index in [1.165, 1.54) is 0 Å². The van der Waals surface area contributed by atoms with Crippen molar-refractivity contribution in [2.45, 2.75) is 25.4 Å². The lowest BCUT2D eigenvalue weighted by Gasteiger charge is -2.17. The maximum atomic E-state index is 11.2. The van der Waals surface area contributed by atoms with Gasteiger partial charge in [-0.25, -0.2) is 0 Å². The van der Waals surface area contributed by atoms with Crippen LogP contribution in [0.15, 0.2) is 0 Å². The van der Waals surface area contributed by atoms with Crippen molar-refractivity contribution in [2.75, 3.05) is 13.2 Å². The SMILES string of the molecule is O=C(O)CC(=O)OCC(COC(=O)CC(=O)O)OC(=O)CC(=O)O. The van der Waals surface area contributed by atoms with Gasteiger partial charge in [0.1, 0.15) is 32.5 Å². The van der Waals surface area contributed by atoms with Crippen LogP contribution in [0.25, 0.3) is 0 Å². The number of carbonyl (C=O) groups excluding carboxylic acids is 3. The molecule has 12 nitrogen and oxygen atoms in total. The molecule has 0 rings (SSSR count). The summed E-state index contributed by atoms with van der Waals surface area (Å²) in [6.45, 7) is -1.42. The molecule has 0 aromatic carbocycles. The minimum atomic E-state index is -1.50. The Kier molecular flexibility index (Phi) is 9.13. The molecule has 0 spiro atoms. The van der Waals surface area contributed by atoms with Gasteiger partial charge in [0.25, 0.3) is 0 Å². The van der Waals surface area contributed by atoms with E-state index < -0.39 is 74.4 Å². The van der Waals surface area contributed by atoms with E-state index in [0.29, 0.717) is 0 Å². The zero-order valence-electron chi connectivity index (χ0n) is 12.1. The van der Waals surface area contributed by atoms with Crippen LogP contribution in [0.4, 0.5) is 0 Å². The Morgan fingerprint density at radius 2 is 0.958 bits per heavy atom. The molecule has 0 aliphatic heterocycles. The highest BCUT2D eigenvalue weighted by molar-refractivity contribution is 5.91. The Hall–Kier alpha value is -3.18. The molecular formula is C12H14O12. The molecule has 0 aromatic heterocycles. The van der Waals surface area contributed by atoms with Crippen LogP contribution < -0.4 is 0 Å². The van der Waals surface area contributed by atoms with Gasteiger partial charge in [-0.2, -0.15) is 0 Å². The first-order chi connectivity index (χ1) is 11.1. The Morgan fingerprint density at radius 3 is 1.29 bits per heavy atom. The average Bonchev–Trinajstić information content (AvgIpc) is 2.39. The second kappa shape index (κ2) is 10.5. The number of esters is 3. The number of carbonyl (C=O) groups is 6. The molecule has 0 aliphatic carbocycles. The molecular weight excluding hydrogens is 336 g/mol. The summed E-state index contributed by atoms with van der Waals surface area (Å²) < 4.78 is 13.6. The van der Waals surface area contributed by atoms with E-state index >= 15 is 0 Å². The van der Waals surface area contributed by atoms with E-state index in [1.807, 2.05) is 0 Å². The molecule has 0 fully saturated rings. The van der Waals surface area contributed by atoms with E-state index in [-0.39, 0.29) is 0 Å². The fourth-order valence-corrected chi connectivity index (χ4v) is 1.19. The van der Waals surface area contributed by atoms with Crippen LogP contribution >= 0.6 is 0 Å². The molecule has 0 bridgehead atoms. The molecule has 0 amide bonds. The Bertz CT molecular complexity index is 490. The standard InChI is InChI=1S/C12H14O12/c13-7(14)1-10(19)22-4-6(24-12(21)3-9(17)18)5-23-11(20)2-8(15)16/h6H,1-5H2,(H,13,14)(H,15,16)(H,17,18). The summed E-state index contributed by atoms with van der Waals surface area (Å²) in [6, 6.07) is 0. The second-order valence-corrected chi connectivity index (χ2v) is 4.19. The number of aliphatic carboxylic acids is 3. The Morgan fingerprint density at radius 1 is 0.625 bits per heavy atom. The van der Waals surface area contributed by atoms with Crippen LogP contribution in [0, 0.1) is 0 Å². The van der Waals surface area contributed by atoms with Crippen molar-refractivity contribution in [3.63, 3.8) is 0 Å². The minimum Gasteiger partial charge on any atom is -0.481 e. The Labute approximate surface area is 133 Å².